The zero-order valence-corrected chi connectivity index (χ0v) is 28.4. The van der Waals surface area contributed by atoms with Crippen LogP contribution in [-0.2, 0) is 0 Å². The molecule has 52 heavy (non-hydrogen) atoms. The summed E-state index contributed by atoms with van der Waals surface area (Å²) in [4.78, 5) is 2.29. The summed E-state index contributed by atoms with van der Waals surface area (Å²) in [6.07, 6.45) is 0. The average Bonchev–Trinajstić information content (AvgIpc) is 3.61. The molecule has 2 nitrogen and oxygen atoms in total. The van der Waals surface area contributed by atoms with Crippen molar-refractivity contribution >= 4 is 60.5 Å². The van der Waals surface area contributed by atoms with Crippen LogP contribution in [0.3, 0.4) is 0 Å². The van der Waals surface area contributed by atoms with Crippen molar-refractivity contribution in [2.75, 3.05) is 4.90 Å². The lowest BCUT2D eigenvalue weighted by Crippen LogP contribution is -2.10. The Kier molecular flexibility index (Phi) is 7.18. The van der Waals surface area contributed by atoms with Crippen molar-refractivity contribution in [3.05, 3.63) is 200 Å². The van der Waals surface area contributed by atoms with Crippen LogP contribution in [0.25, 0.3) is 76.9 Å². The quantitative estimate of drug-likeness (QED) is 0.165. The molecule has 0 saturated heterocycles. The van der Waals surface area contributed by atoms with E-state index in [0.717, 1.165) is 44.6 Å². The van der Waals surface area contributed by atoms with E-state index in [9.17, 15) is 0 Å². The Labute approximate surface area is 302 Å². The maximum absolute atomic E-state index is 6.52. The first kappa shape index (κ1) is 30.0. The average molecular weight is 664 g/mol. The number of hydrogen-bond donors (Lipinski definition) is 0. The van der Waals surface area contributed by atoms with Crippen molar-refractivity contribution in [1.29, 1.82) is 0 Å². The third kappa shape index (κ3) is 4.96. The third-order valence-electron chi connectivity index (χ3n) is 10.2. The highest BCUT2D eigenvalue weighted by atomic mass is 16.3. The number of furan rings is 1. The fourth-order valence-corrected chi connectivity index (χ4v) is 7.90. The van der Waals surface area contributed by atoms with Crippen molar-refractivity contribution in [2.24, 2.45) is 0 Å². The molecule has 10 aromatic rings. The first-order valence-electron chi connectivity index (χ1n) is 17.8. The second-order valence-electron chi connectivity index (χ2n) is 13.3. The molecular weight excluding hydrogens is 631 g/mol. The molecule has 10 rings (SSSR count). The standard InChI is InChI=1S/C50H33NO/c1-4-15-35(16-5-1)48-43-23-11-10-21-40(43)41-32-29-37(33-45(41)49(48)36-17-6-2-7-18-36)34-27-30-39(31-28-34)51(38-19-8-3-9-20-38)46-25-14-24-44-42-22-12-13-26-47(42)52-50(44)46/h1-33H. The van der Waals surface area contributed by atoms with Crippen LogP contribution >= 0.6 is 0 Å². The first-order valence-corrected chi connectivity index (χ1v) is 17.8. The predicted molar refractivity (Wildman–Crippen MR) is 220 cm³/mol. The van der Waals surface area contributed by atoms with Gasteiger partial charge in [-0.1, -0.05) is 158 Å². The fourth-order valence-electron chi connectivity index (χ4n) is 7.90. The van der Waals surface area contributed by atoms with Gasteiger partial charge in [-0.15, -0.1) is 0 Å². The smallest absolute Gasteiger partial charge is 0.159 e. The van der Waals surface area contributed by atoms with E-state index < -0.39 is 0 Å². The molecule has 0 fully saturated rings. The molecule has 2 heteroatoms. The second kappa shape index (κ2) is 12.5. The number of para-hydroxylation sites is 3. The number of fused-ring (bicyclic) bond motifs is 6. The van der Waals surface area contributed by atoms with E-state index in [0.29, 0.717) is 0 Å². The molecule has 1 aromatic heterocycles. The number of rotatable bonds is 6. The molecule has 1 heterocycles. The van der Waals surface area contributed by atoms with E-state index in [1.54, 1.807) is 0 Å². The predicted octanol–water partition coefficient (Wildman–Crippen LogP) is 14.4. The van der Waals surface area contributed by atoms with E-state index >= 15 is 0 Å². The molecule has 0 spiro atoms. The summed E-state index contributed by atoms with van der Waals surface area (Å²) in [7, 11) is 0. The SMILES string of the molecule is c1ccc(-c2c(-c3ccccc3)c3cc(-c4ccc(N(c5ccccc5)c5cccc6c5oc5ccccc56)cc4)ccc3c3ccccc23)cc1. The second-order valence-corrected chi connectivity index (χ2v) is 13.3. The normalized spacial score (nSPS) is 11.5. The molecule has 0 amide bonds. The third-order valence-corrected chi connectivity index (χ3v) is 10.2. The topological polar surface area (TPSA) is 16.4 Å². The molecular formula is C50H33NO. The largest absolute Gasteiger partial charge is 0.454 e. The summed E-state index contributed by atoms with van der Waals surface area (Å²) in [5.74, 6) is 0. The van der Waals surface area contributed by atoms with Gasteiger partial charge in [0, 0.05) is 22.1 Å². The Hall–Kier alpha value is -6.90. The van der Waals surface area contributed by atoms with Crippen molar-refractivity contribution in [1.82, 2.24) is 0 Å². The summed E-state index contributed by atoms with van der Waals surface area (Å²) >= 11 is 0. The molecule has 0 aliphatic carbocycles. The Morgan fingerprint density at radius 1 is 0.308 bits per heavy atom. The Bertz CT molecular complexity index is 2870. The van der Waals surface area contributed by atoms with Gasteiger partial charge in [0.05, 0.1) is 5.69 Å². The molecule has 0 aliphatic heterocycles. The van der Waals surface area contributed by atoms with Gasteiger partial charge >= 0.3 is 0 Å². The van der Waals surface area contributed by atoms with Crippen LogP contribution in [0.4, 0.5) is 17.1 Å². The van der Waals surface area contributed by atoms with Crippen molar-refractivity contribution in [2.45, 2.75) is 0 Å². The van der Waals surface area contributed by atoms with Gasteiger partial charge in [0.15, 0.2) is 5.58 Å². The van der Waals surface area contributed by atoms with Crippen LogP contribution in [0.5, 0.6) is 0 Å². The monoisotopic (exact) mass is 663 g/mol. The Balaban J connectivity index is 1.15. The maximum Gasteiger partial charge on any atom is 0.159 e. The van der Waals surface area contributed by atoms with E-state index in [1.165, 1.54) is 49.4 Å². The van der Waals surface area contributed by atoms with Gasteiger partial charge in [-0.2, -0.15) is 0 Å². The molecule has 244 valence electrons. The molecule has 0 bridgehead atoms. The van der Waals surface area contributed by atoms with Crippen molar-refractivity contribution in [3.63, 3.8) is 0 Å². The Morgan fingerprint density at radius 2 is 0.827 bits per heavy atom. The number of nitrogens with zero attached hydrogens (tertiary/aromatic N) is 1. The highest BCUT2D eigenvalue weighted by Gasteiger charge is 2.20. The van der Waals surface area contributed by atoms with Gasteiger partial charge in [-0.05, 0) is 97.4 Å². The van der Waals surface area contributed by atoms with E-state index in [2.05, 4.69) is 193 Å². The van der Waals surface area contributed by atoms with Crippen molar-refractivity contribution in [3.8, 4) is 33.4 Å². The van der Waals surface area contributed by atoms with Gasteiger partial charge in [-0.25, -0.2) is 0 Å². The summed E-state index contributed by atoms with van der Waals surface area (Å²) in [6.45, 7) is 0. The number of benzene rings is 9. The van der Waals surface area contributed by atoms with Crippen LogP contribution < -0.4 is 4.90 Å². The zero-order valence-electron chi connectivity index (χ0n) is 28.4. The minimum atomic E-state index is 0.876. The van der Waals surface area contributed by atoms with Gasteiger partial charge in [0.1, 0.15) is 5.58 Å². The van der Waals surface area contributed by atoms with Gasteiger partial charge in [0.25, 0.3) is 0 Å². The summed E-state index contributed by atoms with van der Waals surface area (Å²) in [5.41, 5.74) is 12.2. The molecule has 0 saturated carbocycles. The van der Waals surface area contributed by atoms with Gasteiger partial charge in [-0.3, -0.25) is 0 Å². The van der Waals surface area contributed by atoms with Gasteiger partial charge < -0.3 is 9.32 Å². The van der Waals surface area contributed by atoms with Crippen LogP contribution in [-0.4, -0.2) is 0 Å². The van der Waals surface area contributed by atoms with Crippen LogP contribution in [0.2, 0.25) is 0 Å². The lowest BCUT2D eigenvalue weighted by Gasteiger charge is -2.25. The summed E-state index contributed by atoms with van der Waals surface area (Å²) in [5, 5.41) is 7.25. The van der Waals surface area contributed by atoms with Crippen LogP contribution in [0.1, 0.15) is 0 Å². The zero-order chi connectivity index (χ0) is 34.4. The van der Waals surface area contributed by atoms with E-state index in [-0.39, 0.29) is 0 Å². The fraction of sp³-hybridized carbons (Fsp3) is 0. The highest BCUT2D eigenvalue weighted by molar-refractivity contribution is 6.22. The number of hydrogen-bond acceptors (Lipinski definition) is 2. The first-order chi connectivity index (χ1) is 25.8. The molecule has 0 atom stereocenters. The lowest BCUT2D eigenvalue weighted by molar-refractivity contribution is 0.669. The molecule has 0 aliphatic rings. The molecule has 0 radical (unpaired) electrons. The van der Waals surface area contributed by atoms with Gasteiger partial charge in [0.2, 0.25) is 0 Å². The minimum absolute atomic E-state index is 0.876. The Morgan fingerprint density at radius 3 is 1.54 bits per heavy atom. The highest BCUT2D eigenvalue weighted by Crippen LogP contribution is 2.46. The molecule has 0 unspecified atom stereocenters. The molecule has 9 aromatic carbocycles. The maximum atomic E-state index is 6.52. The van der Waals surface area contributed by atoms with E-state index in [4.69, 9.17) is 4.42 Å². The number of anilines is 3. The minimum Gasteiger partial charge on any atom is -0.454 e. The summed E-state index contributed by atoms with van der Waals surface area (Å²) in [6, 6.07) is 71.6. The van der Waals surface area contributed by atoms with Crippen LogP contribution in [0, 0.1) is 0 Å². The summed E-state index contributed by atoms with van der Waals surface area (Å²) < 4.78 is 6.52. The van der Waals surface area contributed by atoms with E-state index in [1.807, 2.05) is 12.1 Å². The lowest BCUT2D eigenvalue weighted by atomic mass is 9.84. The van der Waals surface area contributed by atoms with Crippen molar-refractivity contribution < 1.29 is 4.42 Å². The molecule has 0 N–H and O–H groups in total. The van der Waals surface area contributed by atoms with Crippen LogP contribution in [0.15, 0.2) is 205 Å².